The van der Waals surface area contributed by atoms with E-state index in [1.807, 2.05) is 0 Å². The fourth-order valence-corrected chi connectivity index (χ4v) is 2.23. The number of ether oxygens (including phenoxy) is 1. The Bertz CT molecular complexity index is 913. The van der Waals surface area contributed by atoms with Crippen LogP contribution in [0.2, 0.25) is 0 Å². The van der Waals surface area contributed by atoms with Gasteiger partial charge in [-0.2, -0.15) is 0 Å². The summed E-state index contributed by atoms with van der Waals surface area (Å²) in [6.45, 7) is 4.50. The SMILES string of the molecule is CCOC(=O)c1ccccc1NC(=O)C(C)(C)C(=O)Nc1ccc(F)cc1F. The third kappa shape index (κ3) is 4.70. The number of benzene rings is 2. The molecule has 2 aromatic rings. The van der Waals surface area contributed by atoms with Crippen LogP contribution in [0.25, 0.3) is 0 Å². The van der Waals surface area contributed by atoms with Gasteiger partial charge >= 0.3 is 5.97 Å². The Hall–Kier alpha value is -3.29. The third-order valence-corrected chi connectivity index (χ3v) is 3.99. The molecule has 2 rings (SSSR count). The van der Waals surface area contributed by atoms with Gasteiger partial charge in [-0.15, -0.1) is 0 Å². The summed E-state index contributed by atoms with van der Waals surface area (Å²) in [6.07, 6.45) is 0. The van der Waals surface area contributed by atoms with Crippen molar-refractivity contribution in [3.63, 3.8) is 0 Å². The molecule has 0 atom stereocenters. The average molecular weight is 390 g/mol. The van der Waals surface area contributed by atoms with Crippen LogP contribution in [0, 0.1) is 17.0 Å². The molecule has 0 saturated carbocycles. The lowest BCUT2D eigenvalue weighted by Gasteiger charge is -2.23. The zero-order chi connectivity index (χ0) is 20.9. The monoisotopic (exact) mass is 390 g/mol. The highest BCUT2D eigenvalue weighted by molar-refractivity contribution is 6.15. The van der Waals surface area contributed by atoms with E-state index in [4.69, 9.17) is 4.74 Å². The van der Waals surface area contributed by atoms with Crippen LogP contribution in [0.5, 0.6) is 0 Å². The molecule has 6 nitrogen and oxygen atoms in total. The molecule has 2 N–H and O–H groups in total. The van der Waals surface area contributed by atoms with Crippen LogP contribution >= 0.6 is 0 Å². The minimum atomic E-state index is -1.62. The van der Waals surface area contributed by atoms with Crippen LogP contribution < -0.4 is 10.6 Å². The van der Waals surface area contributed by atoms with Gasteiger partial charge in [0.15, 0.2) is 0 Å². The van der Waals surface area contributed by atoms with Crippen molar-refractivity contribution >= 4 is 29.2 Å². The van der Waals surface area contributed by atoms with Crippen molar-refractivity contribution in [2.24, 2.45) is 5.41 Å². The molecule has 0 radical (unpaired) electrons. The second-order valence-corrected chi connectivity index (χ2v) is 6.42. The van der Waals surface area contributed by atoms with Crippen molar-refractivity contribution in [1.29, 1.82) is 0 Å². The minimum absolute atomic E-state index is 0.137. The number of esters is 1. The lowest BCUT2D eigenvalue weighted by molar-refractivity contribution is -0.135. The van der Waals surface area contributed by atoms with E-state index in [0.717, 1.165) is 12.1 Å². The fourth-order valence-electron chi connectivity index (χ4n) is 2.23. The van der Waals surface area contributed by atoms with E-state index in [1.54, 1.807) is 19.1 Å². The van der Waals surface area contributed by atoms with Gasteiger partial charge in [0.2, 0.25) is 11.8 Å². The first-order chi connectivity index (χ1) is 13.2. The Morgan fingerprint density at radius 2 is 1.57 bits per heavy atom. The van der Waals surface area contributed by atoms with Gasteiger partial charge in [-0.05, 0) is 45.0 Å². The van der Waals surface area contributed by atoms with E-state index >= 15 is 0 Å². The summed E-state index contributed by atoms with van der Waals surface area (Å²) in [4.78, 5) is 37.2. The number of anilines is 2. The highest BCUT2D eigenvalue weighted by Crippen LogP contribution is 2.25. The lowest BCUT2D eigenvalue weighted by atomic mass is 9.90. The van der Waals surface area contributed by atoms with Gasteiger partial charge in [-0.25, -0.2) is 13.6 Å². The maximum absolute atomic E-state index is 13.8. The molecule has 0 aliphatic rings. The minimum Gasteiger partial charge on any atom is -0.462 e. The highest BCUT2D eigenvalue weighted by Gasteiger charge is 2.37. The summed E-state index contributed by atoms with van der Waals surface area (Å²) < 4.78 is 31.7. The number of nitrogens with one attached hydrogen (secondary N) is 2. The van der Waals surface area contributed by atoms with E-state index in [1.165, 1.54) is 26.0 Å². The molecule has 0 heterocycles. The number of rotatable bonds is 6. The Balaban J connectivity index is 2.19. The molecule has 28 heavy (non-hydrogen) atoms. The van der Waals surface area contributed by atoms with Crippen molar-refractivity contribution in [1.82, 2.24) is 0 Å². The summed E-state index contributed by atoms with van der Waals surface area (Å²) in [5.41, 5.74) is -1.56. The molecule has 8 heteroatoms. The topological polar surface area (TPSA) is 84.5 Å². The van der Waals surface area contributed by atoms with Gasteiger partial charge in [0.05, 0.1) is 23.5 Å². The number of para-hydroxylation sites is 1. The number of hydrogen-bond acceptors (Lipinski definition) is 4. The second-order valence-electron chi connectivity index (χ2n) is 6.42. The molecule has 2 aromatic carbocycles. The van der Waals surface area contributed by atoms with Crippen molar-refractivity contribution < 1.29 is 27.9 Å². The predicted molar refractivity (Wildman–Crippen MR) is 99.8 cm³/mol. The standard InChI is InChI=1S/C20H20F2N2O4/c1-4-28-17(25)13-7-5-6-8-15(13)23-18(26)20(2,3)19(27)24-16-10-9-12(21)11-14(16)22/h5-11H,4H2,1-3H3,(H,23,26)(H,24,27). The van der Waals surface area contributed by atoms with Gasteiger partial charge in [0, 0.05) is 6.07 Å². The highest BCUT2D eigenvalue weighted by atomic mass is 19.1. The van der Waals surface area contributed by atoms with Crippen LogP contribution in [-0.2, 0) is 14.3 Å². The average Bonchev–Trinajstić information content (AvgIpc) is 2.64. The normalized spacial score (nSPS) is 10.9. The van der Waals surface area contributed by atoms with Crippen LogP contribution in [0.1, 0.15) is 31.1 Å². The van der Waals surface area contributed by atoms with Gasteiger partial charge in [-0.3, -0.25) is 9.59 Å². The maximum Gasteiger partial charge on any atom is 0.340 e. The number of carbonyl (C=O) groups excluding carboxylic acids is 3. The molecule has 2 amide bonds. The molecule has 0 fully saturated rings. The summed E-state index contributed by atoms with van der Waals surface area (Å²) >= 11 is 0. The largest absolute Gasteiger partial charge is 0.462 e. The van der Waals surface area contributed by atoms with Gasteiger partial charge in [0.25, 0.3) is 0 Å². The molecule has 0 aliphatic heterocycles. The number of amides is 2. The Morgan fingerprint density at radius 1 is 0.964 bits per heavy atom. The zero-order valence-electron chi connectivity index (χ0n) is 15.6. The number of hydrogen-bond donors (Lipinski definition) is 2. The number of carbonyl (C=O) groups is 3. The van der Waals surface area contributed by atoms with Crippen molar-refractivity contribution in [3.8, 4) is 0 Å². The van der Waals surface area contributed by atoms with Crippen LogP contribution in [-0.4, -0.2) is 24.4 Å². The van der Waals surface area contributed by atoms with E-state index < -0.39 is 34.8 Å². The fraction of sp³-hybridized carbons (Fsp3) is 0.250. The molecule has 0 aromatic heterocycles. The van der Waals surface area contributed by atoms with Crippen LogP contribution in [0.4, 0.5) is 20.2 Å². The maximum atomic E-state index is 13.8. The van der Waals surface area contributed by atoms with E-state index in [-0.39, 0.29) is 23.5 Å². The summed E-state index contributed by atoms with van der Waals surface area (Å²) in [5, 5.41) is 4.80. The number of halogens is 2. The molecule has 148 valence electrons. The van der Waals surface area contributed by atoms with Crippen molar-refractivity contribution in [3.05, 3.63) is 59.7 Å². The van der Waals surface area contributed by atoms with E-state index in [9.17, 15) is 23.2 Å². The molecule has 0 unspecified atom stereocenters. The Morgan fingerprint density at radius 3 is 2.18 bits per heavy atom. The van der Waals surface area contributed by atoms with Gasteiger partial charge < -0.3 is 15.4 Å². The molecule has 0 bridgehead atoms. The first-order valence-electron chi connectivity index (χ1n) is 8.51. The van der Waals surface area contributed by atoms with Crippen LogP contribution in [0.15, 0.2) is 42.5 Å². The molecule has 0 saturated heterocycles. The van der Waals surface area contributed by atoms with E-state index in [0.29, 0.717) is 6.07 Å². The molecular weight excluding hydrogens is 370 g/mol. The van der Waals surface area contributed by atoms with E-state index in [2.05, 4.69) is 10.6 Å². The van der Waals surface area contributed by atoms with Gasteiger partial charge in [-0.1, -0.05) is 12.1 Å². The Labute approximate surface area is 160 Å². The quantitative estimate of drug-likeness (QED) is 0.581. The molecule has 0 aliphatic carbocycles. The summed E-state index contributed by atoms with van der Waals surface area (Å²) in [7, 11) is 0. The third-order valence-electron chi connectivity index (χ3n) is 3.99. The summed E-state index contributed by atoms with van der Waals surface area (Å²) in [6, 6.07) is 8.87. The smallest absolute Gasteiger partial charge is 0.340 e. The summed E-state index contributed by atoms with van der Waals surface area (Å²) in [5.74, 6) is -3.89. The Kier molecular flexibility index (Phi) is 6.45. The first-order valence-corrected chi connectivity index (χ1v) is 8.51. The molecular formula is C20H20F2N2O4. The second kappa shape index (κ2) is 8.60. The first kappa shape index (κ1) is 21.0. The lowest BCUT2D eigenvalue weighted by Crippen LogP contribution is -2.42. The zero-order valence-corrected chi connectivity index (χ0v) is 15.6. The molecule has 0 spiro atoms. The van der Waals surface area contributed by atoms with Crippen molar-refractivity contribution in [2.45, 2.75) is 20.8 Å². The predicted octanol–water partition coefficient (Wildman–Crippen LogP) is 3.74. The van der Waals surface area contributed by atoms with Gasteiger partial charge in [0.1, 0.15) is 17.0 Å². The van der Waals surface area contributed by atoms with Crippen LogP contribution in [0.3, 0.4) is 0 Å². The van der Waals surface area contributed by atoms with Crippen molar-refractivity contribution in [2.75, 3.05) is 17.2 Å².